The van der Waals surface area contributed by atoms with Gasteiger partial charge in [0.25, 0.3) is 0 Å². The first-order valence-electron chi connectivity index (χ1n) is 49.4. The highest BCUT2D eigenvalue weighted by Crippen LogP contribution is 2.49. The van der Waals surface area contributed by atoms with Gasteiger partial charge in [0.2, 0.25) is 23.8 Å². The molecule has 8 aromatic rings. The summed E-state index contributed by atoms with van der Waals surface area (Å²) in [4.78, 5) is 88.2. The van der Waals surface area contributed by atoms with Crippen LogP contribution in [0.2, 0.25) is 20.1 Å². The molecule has 0 radical (unpaired) electrons. The van der Waals surface area contributed by atoms with Crippen LogP contribution in [0.4, 0.5) is 60.2 Å². The number of aryl methyl sites for hydroxylation is 4. The van der Waals surface area contributed by atoms with Gasteiger partial charge in [-0.1, -0.05) is 94.9 Å². The highest BCUT2D eigenvalue weighted by molar-refractivity contribution is 9.10. The molecule has 4 aromatic carbocycles. The molecule has 744 valence electrons. The number of likely N-dealkylation sites (tertiary alicyclic amines) is 4. The number of aromatic nitrogens is 8. The van der Waals surface area contributed by atoms with E-state index < -0.39 is 46.2 Å². The van der Waals surface area contributed by atoms with Crippen LogP contribution in [-0.4, -0.2) is 234 Å². The Hall–Kier alpha value is -8.76. The second-order valence-electron chi connectivity index (χ2n) is 41.8. The molecule has 8 saturated heterocycles. The average molecular weight is 2040 g/mol. The van der Waals surface area contributed by atoms with Crippen molar-refractivity contribution in [2.75, 3.05) is 159 Å². The molecule has 138 heavy (non-hydrogen) atoms. The Kier molecular flexibility index (Phi) is 32.9. The number of nitrogens with one attached hydrogen (secondary N) is 4. The number of rotatable bonds is 28. The topological polar surface area (TPSA) is 309 Å². The summed E-state index contributed by atoms with van der Waals surface area (Å²) in [6.07, 6.45) is 19.7. The van der Waals surface area contributed by atoms with Gasteiger partial charge >= 0.3 is 17.9 Å². The lowest BCUT2D eigenvalue weighted by Crippen LogP contribution is -2.58. The van der Waals surface area contributed by atoms with Crippen LogP contribution in [0.5, 0.6) is 0 Å². The van der Waals surface area contributed by atoms with Crippen molar-refractivity contribution < 1.29 is 48.0 Å². The van der Waals surface area contributed by atoms with E-state index in [2.05, 4.69) is 130 Å². The number of anilines is 8. The highest BCUT2D eigenvalue weighted by atomic mass is 79.9. The second-order valence-corrected chi connectivity index (χ2v) is 44.3. The number of hydrogen-bond acceptors (Lipinski definition) is 24. The van der Waals surface area contributed by atoms with Crippen molar-refractivity contribution in [3.8, 4) is 0 Å². The molecule has 4 aromatic heterocycles. The highest BCUT2D eigenvalue weighted by Gasteiger charge is 2.53. The number of β-amino-alcohol motifs (C(OH)–C–C–N with tert-alkyl or cyclic N) is 1. The van der Waals surface area contributed by atoms with Crippen LogP contribution in [-0.2, 0) is 14.4 Å². The van der Waals surface area contributed by atoms with Gasteiger partial charge in [0.1, 0.15) is 5.82 Å². The van der Waals surface area contributed by atoms with Crippen molar-refractivity contribution in [3.63, 3.8) is 0 Å². The largest absolute Gasteiger partial charge is 0.481 e. The molecule has 0 amide bonds. The summed E-state index contributed by atoms with van der Waals surface area (Å²) in [7, 11) is 0. The maximum absolute atomic E-state index is 14.5. The number of nitrogens with zero attached hydrogens (tertiary/aromatic N) is 16. The lowest BCUT2D eigenvalue weighted by atomic mass is 9.65. The van der Waals surface area contributed by atoms with E-state index in [1.54, 1.807) is 0 Å². The fourth-order valence-corrected chi connectivity index (χ4v) is 24.3. The molecule has 8 aliphatic heterocycles. The van der Waals surface area contributed by atoms with Gasteiger partial charge in [-0.15, -0.1) is 0 Å². The normalized spacial score (nSPS) is 25.8. The van der Waals surface area contributed by atoms with E-state index in [0.29, 0.717) is 98.4 Å². The predicted molar refractivity (Wildman–Crippen MR) is 542 cm³/mol. The van der Waals surface area contributed by atoms with Crippen molar-refractivity contribution >= 4 is 127 Å². The maximum atomic E-state index is 14.5. The molecule has 35 heteroatoms. The van der Waals surface area contributed by atoms with E-state index in [0.717, 1.165) is 228 Å². The Morgan fingerprint density at radius 3 is 0.993 bits per heavy atom. The molecule has 27 nitrogen and oxygen atoms in total. The van der Waals surface area contributed by atoms with Crippen molar-refractivity contribution in [2.45, 2.75) is 201 Å². The molecule has 19 rings (SSSR count). The minimum atomic E-state index is -0.675. The first-order chi connectivity index (χ1) is 66.0. The summed E-state index contributed by atoms with van der Waals surface area (Å²) in [5, 5.41) is 52.9. The molecule has 11 fully saturated rings. The van der Waals surface area contributed by atoms with E-state index in [-0.39, 0.29) is 54.1 Å². The van der Waals surface area contributed by atoms with Gasteiger partial charge < -0.3 is 80.9 Å². The summed E-state index contributed by atoms with van der Waals surface area (Å²) in [5.74, 6) is 4.97. The Morgan fingerprint density at radius 2 is 0.696 bits per heavy atom. The maximum Gasteiger partial charge on any atom is 0.309 e. The Labute approximate surface area is 837 Å². The van der Waals surface area contributed by atoms with Crippen molar-refractivity contribution in [1.82, 2.24) is 59.5 Å². The number of aliphatic hydroxyl groups excluding tert-OH is 1. The number of aliphatic hydroxyl groups is 1. The molecular weight excluding hydrogens is 1910 g/mol. The second kappa shape index (κ2) is 44.4. The Bertz CT molecular complexity index is 5430. The van der Waals surface area contributed by atoms with E-state index in [1.165, 1.54) is 57.1 Å². The van der Waals surface area contributed by atoms with E-state index in [4.69, 9.17) is 56.5 Å². The number of carbonyl (C=O) groups is 3. The minimum absolute atomic E-state index is 0.00370. The number of hydrogen-bond donors (Lipinski definition) is 8. The molecule has 3 aliphatic carbocycles. The SMILES string of the molecule is Cc1ccc([C@@H](C)Nc2nc(N3CC([C@H]4CCCN(C5CC(C(=O)O)C5)C4)C3)ncc2F)c(Cl)c1.Cc1ccc([C@@H](C)Nc2nc(N3CC([C@H]4CCCN(C5CC(C)(C(=O)O)C5)C4)C3)ncc2Br)c(Cl)c1.Cc1ccc([C@@H](C)Nc2nc(N3CC([C@H]4CCCN(C5CC(C)(C(=O)O)C5)C4)C3)ncc2F)c(Cl)c1.Cc1ccc([C@@H](C)Nc2nc(N3CC([C@H]4CCCN(CCO)C4)C3)ncc2F)c(Cl)c1. The third-order valence-electron chi connectivity index (χ3n) is 31.5. The van der Waals surface area contributed by atoms with Gasteiger partial charge in [-0.05, 0) is 317 Å². The van der Waals surface area contributed by atoms with Crippen LogP contribution >= 0.6 is 62.3 Å². The Balaban J connectivity index is 0.000000133. The minimum Gasteiger partial charge on any atom is -0.481 e. The number of benzene rings is 4. The molecule has 3 saturated carbocycles. The number of carboxylic acid groups (broad SMARTS) is 3. The van der Waals surface area contributed by atoms with Crippen LogP contribution in [0.1, 0.15) is 200 Å². The zero-order valence-corrected chi connectivity index (χ0v) is 85.4. The first kappa shape index (κ1) is 102. The quantitative estimate of drug-likeness (QED) is 0.0226. The molecule has 12 heterocycles. The third-order valence-corrected chi connectivity index (χ3v) is 33.4. The first-order valence-corrected chi connectivity index (χ1v) is 51.7. The van der Waals surface area contributed by atoms with E-state index in [9.17, 15) is 42.9 Å². The average Bonchev–Trinajstić information content (AvgIpc) is 0.760. The summed E-state index contributed by atoms with van der Waals surface area (Å²) >= 11 is 29.2. The number of halogens is 8. The van der Waals surface area contributed by atoms with Gasteiger partial charge in [-0.3, -0.25) is 14.4 Å². The van der Waals surface area contributed by atoms with Crippen LogP contribution in [0.25, 0.3) is 0 Å². The summed E-state index contributed by atoms with van der Waals surface area (Å²) in [6.45, 7) is 36.3. The van der Waals surface area contributed by atoms with Crippen molar-refractivity contribution in [1.29, 1.82) is 0 Å². The van der Waals surface area contributed by atoms with Gasteiger partial charge in [0.15, 0.2) is 34.9 Å². The van der Waals surface area contributed by atoms with Gasteiger partial charge in [-0.25, -0.2) is 33.1 Å². The molecule has 0 spiro atoms. The van der Waals surface area contributed by atoms with Crippen LogP contribution in [0.3, 0.4) is 0 Å². The zero-order valence-electron chi connectivity index (χ0n) is 80.8. The predicted octanol–water partition coefficient (Wildman–Crippen LogP) is 19.6. The fourth-order valence-electron chi connectivity index (χ4n) is 22.4. The van der Waals surface area contributed by atoms with Crippen molar-refractivity contribution in [2.24, 2.45) is 64.1 Å². The summed E-state index contributed by atoms with van der Waals surface area (Å²) < 4.78 is 44.3. The molecular formula is C103H134BrCl4F3N20O7. The van der Waals surface area contributed by atoms with Gasteiger partial charge in [0.05, 0.1) is 70.6 Å². The molecule has 0 unspecified atom stereocenters. The summed E-state index contributed by atoms with van der Waals surface area (Å²) in [6, 6.07) is 24.3. The Morgan fingerprint density at radius 1 is 0.413 bits per heavy atom. The van der Waals surface area contributed by atoms with Crippen molar-refractivity contribution in [3.05, 3.63) is 184 Å². The third kappa shape index (κ3) is 24.1. The summed E-state index contributed by atoms with van der Waals surface area (Å²) in [5.41, 5.74) is 7.01. The standard InChI is InChI=1S/C27H35BrClN5O2.C27H35ClFN5O2.C26H33ClFN5O2.C23H31ClFN5O/c1-16-6-7-21(23(29)9-16)17(2)31-24-22(28)12-30-26(32-24)34-14-19(15-34)18-5-4-8-33(13-18)20-10-27(3,11-20)25(35)36;1-16-6-7-21(22(28)9-16)17(2)31-24-23(29)12-30-26(32-24)34-14-19(15-34)18-5-4-8-33(13-18)20-10-27(3,11-20)25(35)36;1-15-5-6-21(22(27)8-15)16(2)30-24-23(28)11-29-26(31-24)33-13-19(14-33)17-4-3-7-32(12-17)20-9-18(10-20)25(34)35;1-15-5-6-19(20(24)10-15)16(2)27-22-21(25)11-26-23(28-22)30-13-18(14-30)17-4-3-7-29(12-17)8-9-31/h2*6-7,9,12,17-20H,4-5,8,10-11,13-15H2,1-3H3,(H,35,36)(H,30,31,32);5-6,8,11,16-20H,3-4,7,9-10,12-14H2,1-2H3,(H,34,35)(H,29,30,31);5-6,10-11,16-18,31H,3-4,7-9,12-14H2,1-2H3,(H,26,27,28)/t2*17-,18+,20?,27?;16-,17+,18?,20?;16-,17+/m1111/s1. The molecule has 8 N–H and O–H groups in total. The lowest BCUT2D eigenvalue weighted by molar-refractivity contribution is -0.159. The molecule has 8 atom stereocenters. The number of carboxylic acids is 3. The monoisotopic (exact) mass is 2040 g/mol. The zero-order chi connectivity index (χ0) is 97.9. The van der Waals surface area contributed by atoms with Crippen LogP contribution in [0.15, 0.2) is 102 Å². The number of aliphatic carboxylic acids is 3. The smallest absolute Gasteiger partial charge is 0.309 e. The molecule has 0 bridgehead atoms. The van der Waals surface area contributed by atoms with Gasteiger partial charge in [-0.2, -0.15) is 19.9 Å². The fraction of sp³-hybridized carbons (Fsp3) is 0.583. The molecule has 11 aliphatic rings. The van der Waals surface area contributed by atoms with Gasteiger partial charge in [0, 0.05) is 129 Å². The van der Waals surface area contributed by atoms with Crippen LogP contribution < -0.4 is 40.9 Å². The van der Waals surface area contributed by atoms with Crippen LogP contribution in [0, 0.1) is 109 Å². The lowest BCUT2D eigenvalue weighted by Gasteiger charge is -2.52. The van der Waals surface area contributed by atoms with E-state index >= 15 is 0 Å². The van der Waals surface area contributed by atoms with E-state index in [1.807, 2.05) is 129 Å². The number of piperidine rings is 4.